The van der Waals surface area contributed by atoms with Crippen LogP contribution in [-0.2, 0) is 6.42 Å². The topological polar surface area (TPSA) is 36.7 Å². The molecule has 2 nitrogen and oxygen atoms in total. The molecule has 0 atom stereocenters. The number of pyridine rings is 1. The summed E-state index contributed by atoms with van der Waals surface area (Å²) < 4.78 is 37.9. The van der Waals surface area contributed by atoms with Gasteiger partial charge in [0, 0.05) is 17.3 Å². The number of halogens is 4. The molecule has 1 aromatic heterocycles. The molecule has 0 aliphatic carbocycles. The van der Waals surface area contributed by atoms with E-state index in [1.807, 2.05) is 0 Å². The highest BCUT2D eigenvalue weighted by atomic mass is 127. The van der Waals surface area contributed by atoms with Crippen molar-refractivity contribution in [2.75, 3.05) is 0 Å². The van der Waals surface area contributed by atoms with E-state index in [-0.39, 0.29) is 15.7 Å². The quantitative estimate of drug-likeness (QED) is 0.622. The second kappa shape index (κ2) is 4.59. The fraction of sp³-hybridized carbons (Fsp3) is 0.250. The van der Waals surface area contributed by atoms with E-state index in [0.717, 1.165) is 6.20 Å². The highest BCUT2D eigenvalue weighted by Gasteiger charge is 2.19. The fourth-order valence-corrected chi connectivity index (χ4v) is 1.42. The zero-order chi connectivity index (χ0) is 10.7. The third-order valence-electron chi connectivity index (χ3n) is 1.60. The molecule has 0 N–H and O–H groups in total. The van der Waals surface area contributed by atoms with E-state index in [9.17, 15) is 13.2 Å². The van der Waals surface area contributed by atoms with Crippen LogP contribution in [0.2, 0.25) is 0 Å². The van der Waals surface area contributed by atoms with Gasteiger partial charge in [-0.1, -0.05) is 0 Å². The molecule has 1 rings (SSSR count). The molecule has 0 unspecified atom stereocenters. The lowest BCUT2D eigenvalue weighted by Gasteiger charge is -2.07. The maximum absolute atomic E-state index is 13.3. The van der Waals surface area contributed by atoms with E-state index in [1.54, 1.807) is 28.7 Å². The van der Waals surface area contributed by atoms with E-state index in [2.05, 4.69) is 4.98 Å². The highest BCUT2D eigenvalue weighted by Crippen LogP contribution is 2.26. The summed E-state index contributed by atoms with van der Waals surface area (Å²) in [5.41, 5.74) is -0.772. The maximum Gasteiger partial charge on any atom is 0.265 e. The third kappa shape index (κ3) is 2.15. The standard InChI is InChI=1S/C8H4F3IN2/c9-6-4(1-2-13)5(7(10)11)3-14-8(6)12/h3,7H,1H2. The van der Waals surface area contributed by atoms with Crippen LogP contribution in [0, 0.1) is 20.8 Å². The first-order chi connectivity index (χ1) is 6.57. The Kier molecular flexibility index (Phi) is 3.69. The second-order valence-corrected chi connectivity index (χ2v) is 3.45. The molecule has 74 valence electrons. The van der Waals surface area contributed by atoms with E-state index in [4.69, 9.17) is 5.26 Å². The number of nitriles is 1. The van der Waals surface area contributed by atoms with Crippen molar-refractivity contribution in [3.63, 3.8) is 0 Å². The summed E-state index contributed by atoms with van der Waals surface area (Å²) in [5.74, 6) is -0.829. The molecule has 0 aliphatic heterocycles. The number of hydrogen-bond acceptors (Lipinski definition) is 2. The number of rotatable bonds is 2. The Morgan fingerprint density at radius 1 is 1.57 bits per heavy atom. The summed E-state index contributed by atoms with van der Waals surface area (Å²) >= 11 is 1.59. The van der Waals surface area contributed by atoms with Gasteiger partial charge in [-0.2, -0.15) is 5.26 Å². The summed E-state index contributed by atoms with van der Waals surface area (Å²) in [6, 6.07) is 1.64. The van der Waals surface area contributed by atoms with E-state index in [1.165, 1.54) is 0 Å². The average molecular weight is 312 g/mol. The van der Waals surface area contributed by atoms with Crippen LogP contribution >= 0.6 is 22.6 Å². The Bertz CT molecular complexity index is 387. The molecule has 6 heteroatoms. The normalized spacial score (nSPS) is 10.3. The summed E-state index contributed by atoms with van der Waals surface area (Å²) in [7, 11) is 0. The summed E-state index contributed by atoms with van der Waals surface area (Å²) in [4.78, 5) is 3.47. The minimum absolute atomic E-state index is 0.00255. The predicted molar refractivity (Wildman–Crippen MR) is 51.2 cm³/mol. The van der Waals surface area contributed by atoms with Gasteiger partial charge in [0.1, 0.15) is 3.70 Å². The molecule has 0 bridgehead atoms. The lowest BCUT2D eigenvalue weighted by atomic mass is 10.1. The molecule has 0 spiro atoms. The smallest absolute Gasteiger partial charge is 0.247 e. The maximum atomic E-state index is 13.3. The number of alkyl halides is 2. The predicted octanol–water partition coefficient (Wildman–Crippen LogP) is 2.83. The molecule has 0 aliphatic rings. The molecule has 0 amide bonds. The van der Waals surface area contributed by atoms with Gasteiger partial charge in [-0.05, 0) is 22.6 Å². The minimum Gasteiger partial charge on any atom is -0.247 e. The van der Waals surface area contributed by atoms with Crippen LogP contribution in [0.25, 0.3) is 0 Å². The van der Waals surface area contributed by atoms with Gasteiger partial charge < -0.3 is 0 Å². The van der Waals surface area contributed by atoms with E-state index >= 15 is 0 Å². The van der Waals surface area contributed by atoms with Crippen molar-refractivity contribution in [3.05, 3.63) is 26.8 Å². The molecule has 14 heavy (non-hydrogen) atoms. The van der Waals surface area contributed by atoms with Gasteiger partial charge >= 0.3 is 0 Å². The first-order valence-corrected chi connectivity index (χ1v) is 4.63. The van der Waals surface area contributed by atoms with Crippen LogP contribution < -0.4 is 0 Å². The van der Waals surface area contributed by atoms with Crippen LogP contribution in [0.1, 0.15) is 17.6 Å². The molecule has 1 heterocycles. The molecular formula is C8H4F3IN2. The molecule has 0 aromatic carbocycles. The average Bonchev–Trinajstić information content (AvgIpc) is 2.13. The highest BCUT2D eigenvalue weighted by molar-refractivity contribution is 14.1. The molecule has 0 radical (unpaired) electrons. The number of hydrogen-bond donors (Lipinski definition) is 0. The fourth-order valence-electron chi connectivity index (χ4n) is 0.959. The monoisotopic (exact) mass is 312 g/mol. The molecule has 0 saturated heterocycles. The lowest BCUT2D eigenvalue weighted by molar-refractivity contribution is 0.149. The largest absolute Gasteiger partial charge is 0.265 e. The van der Waals surface area contributed by atoms with Crippen LogP contribution in [0.15, 0.2) is 6.20 Å². The second-order valence-electron chi connectivity index (χ2n) is 2.43. The zero-order valence-corrected chi connectivity index (χ0v) is 8.93. The van der Waals surface area contributed by atoms with Gasteiger partial charge in [-0.25, -0.2) is 18.2 Å². The Morgan fingerprint density at radius 3 is 2.71 bits per heavy atom. The van der Waals surface area contributed by atoms with Crippen molar-refractivity contribution in [2.24, 2.45) is 0 Å². The SMILES string of the molecule is N#CCc1c(C(F)F)cnc(I)c1F. The van der Waals surface area contributed by atoms with Crippen molar-refractivity contribution in [3.8, 4) is 6.07 Å². The zero-order valence-electron chi connectivity index (χ0n) is 6.77. The number of nitrogens with zero attached hydrogens (tertiary/aromatic N) is 2. The Balaban J connectivity index is 3.31. The van der Waals surface area contributed by atoms with E-state index < -0.39 is 17.8 Å². The summed E-state index contributed by atoms with van der Waals surface area (Å²) in [6.07, 6.45) is -2.27. The van der Waals surface area contributed by atoms with Gasteiger partial charge in [-0.15, -0.1) is 0 Å². The lowest BCUT2D eigenvalue weighted by Crippen LogP contribution is -2.02. The first kappa shape index (κ1) is 11.2. The third-order valence-corrected chi connectivity index (χ3v) is 2.35. The van der Waals surface area contributed by atoms with Gasteiger partial charge in [0.25, 0.3) is 6.43 Å². The van der Waals surface area contributed by atoms with Crippen molar-refractivity contribution in [1.29, 1.82) is 5.26 Å². The van der Waals surface area contributed by atoms with Crippen molar-refractivity contribution < 1.29 is 13.2 Å². The van der Waals surface area contributed by atoms with Crippen molar-refractivity contribution >= 4 is 22.6 Å². The van der Waals surface area contributed by atoms with Crippen LogP contribution in [0.4, 0.5) is 13.2 Å². The Morgan fingerprint density at radius 2 is 2.21 bits per heavy atom. The molecule has 0 saturated carbocycles. The van der Waals surface area contributed by atoms with Crippen molar-refractivity contribution in [2.45, 2.75) is 12.8 Å². The minimum atomic E-state index is -2.81. The first-order valence-electron chi connectivity index (χ1n) is 3.55. The van der Waals surface area contributed by atoms with E-state index in [0.29, 0.717) is 0 Å². The van der Waals surface area contributed by atoms with Gasteiger partial charge in [0.2, 0.25) is 0 Å². The number of aromatic nitrogens is 1. The van der Waals surface area contributed by atoms with Gasteiger partial charge in [0.05, 0.1) is 12.5 Å². The molecule has 0 fully saturated rings. The van der Waals surface area contributed by atoms with Crippen LogP contribution in [-0.4, -0.2) is 4.98 Å². The Labute approximate surface area is 91.9 Å². The molecule has 1 aromatic rings. The van der Waals surface area contributed by atoms with Crippen LogP contribution in [0.5, 0.6) is 0 Å². The Hall–Kier alpha value is -0.840. The summed E-state index contributed by atoms with van der Waals surface area (Å²) in [5, 5.41) is 8.36. The van der Waals surface area contributed by atoms with Gasteiger partial charge in [0.15, 0.2) is 5.82 Å². The van der Waals surface area contributed by atoms with Gasteiger partial charge in [-0.3, -0.25) is 0 Å². The van der Waals surface area contributed by atoms with Crippen molar-refractivity contribution in [1.82, 2.24) is 4.98 Å². The molecular weight excluding hydrogens is 308 g/mol. The van der Waals surface area contributed by atoms with Crippen LogP contribution in [0.3, 0.4) is 0 Å². The summed E-state index contributed by atoms with van der Waals surface area (Å²) in [6.45, 7) is 0.